The van der Waals surface area contributed by atoms with Gasteiger partial charge >= 0.3 is 5.97 Å². The third kappa shape index (κ3) is 6.23. The van der Waals surface area contributed by atoms with E-state index in [0.717, 1.165) is 19.4 Å². The van der Waals surface area contributed by atoms with E-state index in [4.69, 9.17) is 14.2 Å². The van der Waals surface area contributed by atoms with Crippen LogP contribution in [0.4, 0.5) is 0 Å². The lowest BCUT2D eigenvalue weighted by atomic mass is 9.94. The van der Waals surface area contributed by atoms with E-state index in [2.05, 4.69) is 10.2 Å². The molecule has 202 valence electrons. The molecule has 0 aliphatic carbocycles. The number of hydrogen-bond acceptors (Lipinski definition) is 9. The summed E-state index contributed by atoms with van der Waals surface area (Å²) >= 11 is 0. The van der Waals surface area contributed by atoms with Crippen molar-refractivity contribution >= 4 is 11.9 Å². The largest absolute Gasteiger partial charge is 0.479 e. The van der Waals surface area contributed by atoms with Gasteiger partial charge in [0.2, 0.25) is 5.91 Å². The molecule has 11 nitrogen and oxygen atoms in total. The highest BCUT2D eigenvalue weighted by molar-refractivity contribution is 5.79. The van der Waals surface area contributed by atoms with E-state index in [-0.39, 0.29) is 18.1 Å². The van der Waals surface area contributed by atoms with Crippen molar-refractivity contribution in [3.05, 3.63) is 35.9 Å². The molecule has 0 unspecified atom stereocenters. The molecule has 11 heteroatoms. The van der Waals surface area contributed by atoms with Crippen LogP contribution in [0.5, 0.6) is 0 Å². The SMILES string of the molecule is CO[C@H]([C@@H](C)C(=O)N[C@H](C)[C@@H](O[C@@H]1O[C@H](C(=O)O)[C@@H](O)[C@H](O)[C@H]1O)c1ccccc1)[C@@H]1CCCN1C. The number of ether oxygens (including phenoxy) is 3. The summed E-state index contributed by atoms with van der Waals surface area (Å²) < 4.78 is 17.0. The number of carboxylic acid groups (broad SMARTS) is 1. The Bertz CT molecular complexity index is 872. The van der Waals surface area contributed by atoms with E-state index in [1.165, 1.54) is 0 Å². The van der Waals surface area contributed by atoms with Gasteiger partial charge in [0.05, 0.1) is 18.1 Å². The minimum atomic E-state index is -1.83. The van der Waals surface area contributed by atoms with Gasteiger partial charge in [-0.2, -0.15) is 0 Å². The lowest BCUT2D eigenvalue weighted by molar-refractivity contribution is -0.307. The smallest absolute Gasteiger partial charge is 0.335 e. The standard InChI is InChI=1S/C25H38N2O9/c1-13(20(34-4)16-11-8-12-27(16)3)23(31)26-14(2)21(15-9-6-5-7-10-15)35-25-19(30)17(28)18(29)22(36-25)24(32)33/h5-7,9-10,13-14,16-22,25,28-30H,8,11-12H2,1-4H3,(H,26,31)(H,32,33)/t13-,14-,16+,17+,18+,19-,20-,21-,22+,25-/m1/s1. The molecular formula is C25H38N2O9. The van der Waals surface area contributed by atoms with Gasteiger partial charge in [-0.05, 0) is 38.9 Å². The van der Waals surface area contributed by atoms with Crippen molar-refractivity contribution in [1.82, 2.24) is 10.2 Å². The average Bonchev–Trinajstić information content (AvgIpc) is 3.28. The van der Waals surface area contributed by atoms with Gasteiger partial charge in [-0.15, -0.1) is 0 Å². The summed E-state index contributed by atoms with van der Waals surface area (Å²) in [4.78, 5) is 26.9. The number of aliphatic carboxylic acids is 1. The van der Waals surface area contributed by atoms with E-state index in [9.17, 15) is 30.0 Å². The van der Waals surface area contributed by atoms with Gasteiger partial charge in [-0.1, -0.05) is 37.3 Å². The number of aliphatic hydroxyl groups excluding tert-OH is 3. The number of nitrogens with zero attached hydrogens (tertiary/aromatic N) is 1. The van der Waals surface area contributed by atoms with Gasteiger partial charge in [-0.25, -0.2) is 4.79 Å². The normalized spacial score (nSPS) is 32.4. The first-order valence-corrected chi connectivity index (χ1v) is 12.2. The van der Waals surface area contributed by atoms with Gasteiger partial charge in [-0.3, -0.25) is 4.79 Å². The molecule has 0 bridgehead atoms. The molecule has 2 saturated heterocycles. The number of rotatable bonds is 10. The van der Waals surface area contributed by atoms with Crippen LogP contribution in [0.25, 0.3) is 0 Å². The van der Waals surface area contributed by atoms with E-state index in [1.54, 1.807) is 44.4 Å². The highest BCUT2D eigenvalue weighted by Gasteiger charge is 2.48. The van der Waals surface area contributed by atoms with Crippen molar-refractivity contribution in [3.63, 3.8) is 0 Å². The van der Waals surface area contributed by atoms with Crippen LogP contribution in [0, 0.1) is 5.92 Å². The van der Waals surface area contributed by atoms with E-state index >= 15 is 0 Å². The van der Waals surface area contributed by atoms with Crippen LogP contribution in [0.1, 0.15) is 38.4 Å². The molecule has 0 saturated carbocycles. The topological polar surface area (TPSA) is 158 Å². The van der Waals surface area contributed by atoms with E-state index in [1.807, 2.05) is 14.0 Å². The molecule has 2 fully saturated rings. The van der Waals surface area contributed by atoms with Crippen LogP contribution in [-0.4, -0.2) is 107 Å². The monoisotopic (exact) mass is 510 g/mol. The number of carboxylic acids is 1. The van der Waals surface area contributed by atoms with Crippen molar-refractivity contribution in [3.8, 4) is 0 Å². The molecule has 2 aliphatic rings. The Labute approximate surface area is 211 Å². The fourth-order valence-electron chi connectivity index (χ4n) is 5.06. The first-order chi connectivity index (χ1) is 17.1. The molecule has 3 rings (SSSR count). The third-order valence-corrected chi connectivity index (χ3v) is 7.18. The number of carbonyl (C=O) groups is 2. The highest BCUT2D eigenvalue weighted by atomic mass is 16.7. The van der Waals surface area contributed by atoms with Gasteiger partial charge in [0, 0.05) is 13.2 Å². The molecule has 0 aromatic heterocycles. The number of carbonyl (C=O) groups excluding carboxylic acids is 1. The molecule has 0 spiro atoms. The Hall–Kier alpha value is -2.12. The Morgan fingerprint density at radius 3 is 2.33 bits per heavy atom. The van der Waals surface area contributed by atoms with Gasteiger partial charge < -0.3 is 44.9 Å². The maximum atomic E-state index is 13.2. The second-order valence-corrected chi connectivity index (χ2v) is 9.68. The first kappa shape index (κ1) is 28.5. The van der Waals surface area contributed by atoms with Crippen molar-refractivity contribution < 1.29 is 44.2 Å². The van der Waals surface area contributed by atoms with Gasteiger partial charge in [0.25, 0.3) is 0 Å². The van der Waals surface area contributed by atoms with Crippen LogP contribution in [0.3, 0.4) is 0 Å². The Morgan fingerprint density at radius 2 is 1.78 bits per heavy atom. The lowest BCUT2D eigenvalue weighted by Crippen LogP contribution is -2.61. The number of amides is 1. The second kappa shape index (κ2) is 12.4. The number of likely N-dealkylation sites (tertiary alicyclic amines) is 1. The predicted octanol–water partition coefficient (Wildman–Crippen LogP) is -0.113. The summed E-state index contributed by atoms with van der Waals surface area (Å²) in [6, 6.07) is 8.37. The van der Waals surface area contributed by atoms with Crippen molar-refractivity contribution in [2.75, 3.05) is 20.7 Å². The number of nitrogens with one attached hydrogen (secondary N) is 1. The number of aliphatic hydroxyl groups is 3. The zero-order valence-electron chi connectivity index (χ0n) is 21.1. The van der Waals surface area contributed by atoms with Crippen molar-refractivity contribution in [2.45, 2.75) is 81.7 Å². The molecule has 1 amide bonds. The highest BCUT2D eigenvalue weighted by Crippen LogP contribution is 2.30. The molecule has 2 aliphatic heterocycles. The predicted molar refractivity (Wildman–Crippen MR) is 128 cm³/mol. The zero-order valence-corrected chi connectivity index (χ0v) is 21.1. The molecule has 5 N–H and O–H groups in total. The van der Waals surface area contributed by atoms with Crippen LogP contribution in [0.15, 0.2) is 30.3 Å². The summed E-state index contributed by atoms with van der Waals surface area (Å²) in [5.41, 5.74) is 0.639. The summed E-state index contributed by atoms with van der Waals surface area (Å²) in [6.45, 7) is 4.48. The molecule has 10 atom stereocenters. The fraction of sp³-hybridized carbons (Fsp3) is 0.680. The number of hydrogen-bond donors (Lipinski definition) is 5. The summed E-state index contributed by atoms with van der Waals surface area (Å²) in [7, 11) is 3.61. The van der Waals surface area contributed by atoms with Crippen LogP contribution >= 0.6 is 0 Å². The molecule has 1 aromatic rings. The van der Waals surface area contributed by atoms with E-state index < -0.39 is 54.7 Å². The van der Waals surface area contributed by atoms with Crippen molar-refractivity contribution in [2.24, 2.45) is 5.92 Å². The summed E-state index contributed by atoms with van der Waals surface area (Å²) in [5.74, 6) is -2.22. The maximum absolute atomic E-state index is 13.2. The molecule has 1 aromatic carbocycles. The molecule has 2 heterocycles. The molecular weight excluding hydrogens is 472 g/mol. The Balaban J connectivity index is 1.77. The first-order valence-electron chi connectivity index (χ1n) is 12.2. The Morgan fingerprint density at radius 1 is 1.11 bits per heavy atom. The maximum Gasteiger partial charge on any atom is 0.335 e. The van der Waals surface area contributed by atoms with Crippen LogP contribution in [-0.2, 0) is 23.8 Å². The fourth-order valence-corrected chi connectivity index (χ4v) is 5.06. The minimum absolute atomic E-state index is 0.124. The van der Waals surface area contributed by atoms with Crippen LogP contribution < -0.4 is 5.32 Å². The number of benzene rings is 1. The quantitative estimate of drug-likeness (QED) is 0.287. The average molecular weight is 511 g/mol. The second-order valence-electron chi connectivity index (χ2n) is 9.68. The van der Waals surface area contributed by atoms with Crippen molar-refractivity contribution in [1.29, 1.82) is 0 Å². The third-order valence-electron chi connectivity index (χ3n) is 7.18. The van der Waals surface area contributed by atoms with Gasteiger partial charge in [0.15, 0.2) is 12.4 Å². The molecule has 0 radical (unpaired) electrons. The summed E-state index contributed by atoms with van der Waals surface area (Å²) in [5, 5.41) is 42.9. The number of methoxy groups -OCH3 is 1. The Kier molecular flexibility index (Phi) is 9.81. The molecule has 36 heavy (non-hydrogen) atoms. The van der Waals surface area contributed by atoms with Gasteiger partial charge in [0.1, 0.15) is 24.4 Å². The number of likely N-dealkylation sites (N-methyl/N-ethyl adjacent to an activating group) is 1. The van der Waals surface area contributed by atoms with Crippen LogP contribution in [0.2, 0.25) is 0 Å². The van der Waals surface area contributed by atoms with E-state index in [0.29, 0.717) is 5.56 Å². The zero-order chi connectivity index (χ0) is 26.6. The lowest BCUT2D eigenvalue weighted by Gasteiger charge is -2.41. The summed E-state index contributed by atoms with van der Waals surface area (Å²) in [6.07, 6.45) is -7.88. The minimum Gasteiger partial charge on any atom is -0.479 e.